The predicted molar refractivity (Wildman–Crippen MR) is 118 cm³/mol. The van der Waals surface area contributed by atoms with Gasteiger partial charge in [0.15, 0.2) is 0 Å². The zero-order valence-corrected chi connectivity index (χ0v) is 18.5. The van der Waals surface area contributed by atoms with E-state index < -0.39 is 5.41 Å². The Labute approximate surface area is 173 Å². The molecule has 0 saturated carbocycles. The van der Waals surface area contributed by atoms with Gasteiger partial charge in [0.2, 0.25) is 0 Å². The Morgan fingerprint density at radius 3 is 2.26 bits per heavy atom. The Balaban J connectivity index is 2.04. The molecule has 0 aliphatic heterocycles. The fourth-order valence-electron chi connectivity index (χ4n) is 3.63. The first-order valence-corrected chi connectivity index (χ1v) is 10.6. The van der Waals surface area contributed by atoms with Crippen molar-refractivity contribution in [3.8, 4) is 6.07 Å². The Morgan fingerprint density at radius 2 is 1.67 bits per heavy atom. The average molecular weight is 427 g/mol. The van der Waals surface area contributed by atoms with Crippen molar-refractivity contribution < 1.29 is 0 Å². The number of halogens is 1. The van der Waals surface area contributed by atoms with Crippen molar-refractivity contribution in [3.05, 3.63) is 70.2 Å². The van der Waals surface area contributed by atoms with Crippen LogP contribution in [0.1, 0.15) is 44.7 Å². The summed E-state index contributed by atoms with van der Waals surface area (Å²) in [6, 6.07) is 21.9. The number of nitriles is 1. The third kappa shape index (κ3) is 5.43. The van der Waals surface area contributed by atoms with Crippen LogP contribution in [0.2, 0.25) is 0 Å². The van der Waals surface area contributed by atoms with E-state index in [9.17, 15) is 5.26 Å². The maximum atomic E-state index is 10.1. The van der Waals surface area contributed by atoms with Gasteiger partial charge >= 0.3 is 0 Å². The number of hydrogen-bond acceptors (Lipinski definition) is 2. The van der Waals surface area contributed by atoms with E-state index in [-0.39, 0.29) is 5.92 Å². The molecule has 2 nitrogen and oxygen atoms in total. The van der Waals surface area contributed by atoms with E-state index in [0.717, 1.165) is 35.8 Å². The molecule has 0 radical (unpaired) electrons. The highest BCUT2D eigenvalue weighted by Crippen LogP contribution is 2.40. The van der Waals surface area contributed by atoms with Crippen LogP contribution in [-0.2, 0) is 11.8 Å². The number of nitrogens with zero attached hydrogens (tertiary/aromatic N) is 2. The lowest BCUT2D eigenvalue weighted by Gasteiger charge is -2.34. The van der Waals surface area contributed by atoms with Crippen molar-refractivity contribution in [2.24, 2.45) is 5.92 Å². The molecular formula is C24H31BrN2. The first kappa shape index (κ1) is 21.7. The summed E-state index contributed by atoms with van der Waals surface area (Å²) >= 11 is 3.67. The molecule has 3 heteroatoms. The largest absolute Gasteiger partial charge is 0.303 e. The minimum Gasteiger partial charge on any atom is -0.303 e. The summed E-state index contributed by atoms with van der Waals surface area (Å²) in [5, 5.41) is 10.1. The topological polar surface area (TPSA) is 27.0 Å². The molecule has 0 aliphatic carbocycles. The van der Waals surface area contributed by atoms with E-state index in [1.54, 1.807) is 0 Å². The molecule has 0 bridgehead atoms. The maximum absolute atomic E-state index is 10.1. The molecule has 0 spiro atoms. The summed E-state index contributed by atoms with van der Waals surface area (Å²) in [4.78, 5) is 2.41. The number of likely N-dealkylation sites (N-methyl/N-ethyl adjacent to an activating group) is 1. The van der Waals surface area contributed by atoms with Crippen molar-refractivity contribution in [1.29, 1.82) is 5.26 Å². The molecule has 144 valence electrons. The molecule has 0 fully saturated rings. The van der Waals surface area contributed by atoms with Crippen LogP contribution < -0.4 is 0 Å². The van der Waals surface area contributed by atoms with E-state index in [1.807, 2.05) is 18.2 Å². The van der Waals surface area contributed by atoms with E-state index in [2.05, 4.69) is 91.1 Å². The Kier molecular flexibility index (Phi) is 8.07. The first-order chi connectivity index (χ1) is 12.9. The smallest absolute Gasteiger partial charge is 0.0856 e. The molecule has 0 N–H and O–H groups in total. The van der Waals surface area contributed by atoms with Crippen LogP contribution >= 0.6 is 15.9 Å². The fourth-order valence-corrected chi connectivity index (χ4v) is 4.27. The van der Waals surface area contributed by atoms with Crippen molar-refractivity contribution in [2.75, 3.05) is 13.6 Å². The van der Waals surface area contributed by atoms with Gasteiger partial charge in [-0.15, -0.1) is 0 Å². The Morgan fingerprint density at radius 1 is 1.04 bits per heavy atom. The Hall–Kier alpha value is -1.63. The molecule has 2 aromatic carbocycles. The predicted octanol–water partition coefficient (Wildman–Crippen LogP) is 6.21. The second-order valence-corrected chi connectivity index (χ2v) is 8.68. The molecule has 0 aromatic heterocycles. The molecule has 0 heterocycles. The first-order valence-electron chi connectivity index (χ1n) is 9.81. The number of benzene rings is 2. The van der Waals surface area contributed by atoms with Gasteiger partial charge in [-0.1, -0.05) is 78.3 Å². The van der Waals surface area contributed by atoms with Crippen molar-refractivity contribution in [1.82, 2.24) is 4.90 Å². The van der Waals surface area contributed by atoms with Gasteiger partial charge in [0.25, 0.3) is 0 Å². The van der Waals surface area contributed by atoms with Crippen LogP contribution in [0.5, 0.6) is 0 Å². The van der Waals surface area contributed by atoms with E-state index >= 15 is 0 Å². The normalized spacial score (nSPS) is 14.7. The van der Waals surface area contributed by atoms with Gasteiger partial charge in [-0.05, 0) is 56.3 Å². The Bertz CT molecular complexity index is 750. The van der Waals surface area contributed by atoms with E-state index in [4.69, 9.17) is 0 Å². The van der Waals surface area contributed by atoms with Crippen LogP contribution in [0.15, 0.2) is 59.1 Å². The SMILES string of the molecule is CC(CCC(C#N)(c1ccccc1Br)C(C)C)N(C)CCc1ccccc1. The second-order valence-electron chi connectivity index (χ2n) is 7.82. The van der Waals surface area contributed by atoms with Gasteiger partial charge in [-0.25, -0.2) is 0 Å². The molecule has 0 aliphatic rings. The fraction of sp³-hybridized carbons (Fsp3) is 0.458. The lowest BCUT2D eigenvalue weighted by atomic mass is 9.69. The van der Waals surface area contributed by atoms with Crippen molar-refractivity contribution >= 4 is 15.9 Å². The zero-order chi connectivity index (χ0) is 19.9. The van der Waals surface area contributed by atoms with Crippen molar-refractivity contribution in [2.45, 2.75) is 51.5 Å². The number of rotatable bonds is 9. The highest BCUT2D eigenvalue weighted by Gasteiger charge is 2.37. The van der Waals surface area contributed by atoms with Crippen LogP contribution in [0.25, 0.3) is 0 Å². The summed E-state index contributed by atoms with van der Waals surface area (Å²) in [7, 11) is 2.19. The van der Waals surface area contributed by atoms with E-state index in [0.29, 0.717) is 6.04 Å². The zero-order valence-electron chi connectivity index (χ0n) is 17.0. The van der Waals surface area contributed by atoms with Gasteiger partial charge < -0.3 is 4.90 Å². The van der Waals surface area contributed by atoms with Crippen LogP contribution in [0.3, 0.4) is 0 Å². The van der Waals surface area contributed by atoms with Gasteiger partial charge in [0.1, 0.15) is 0 Å². The summed E-state index contributed by atoms with van der Waals surface area (Å²) in [6.45, 7) is 7.62. The lowest BCUT2D eigenvalue weighted by molar-refractivity contribution is 0.225. The summed E-state index contributed by atoms with van der Waals surface area (Å²) < 4.78 is 1.03. The van der Waals surface area contributed by atoms with Crippen LogP contribution in [0, 0.1) is 17.2 Å². The van der Waals surface area contributed by atoms with Crippen LogP contribution in [-0.4, -0.2) is 24.5 Å². The average Bonchev–Trinajstić information content (AvgIpc) is 2.68. The lowest BCUT2D eigenvalue weighted by Crippen LogP contribution is -2.36. The molecule has 2 unspecified atom stereocenters. The minimum atomic E-state index is -0.464. The second kappa shape index (κ2) is 10.1. The van der Waals surface area contributed by atoms with E-state index in [1.165, 1.54) is 5.56 Å². The van der Waals surface area contributed by atoms with Gasteiger partial charge in [-0.2, -0.15) is 5.26 Å². The van der Waals surface area contributed by atoms with Crippen molar-refractivity contribution in [3.63, 3.8) is 0 Å². The molecule has 2 rings (SSSR count). The molecule has 0 saturated heterocycles. The summed E-state index contributed by atoms with van der Waals surface area (Å²) in [5.74, 6) is 0.253. The quantitative estimate of drug-likeness (QED) is 0.476. The maximum Gasteiger partial charge on any atom is 0.0856 e. The summed E-state index contributed by atoms with van der Waals surface area (Å²) in [6.07, 6.45) is 2.92. The molecule has 0 amide bonds. The third-order valence-electron chi connectivity index (χ3n) is 5.84. The van der Waals surface area contributed by atoms with Gasteiger partial charge in [0.05, 0.1) is 11.5 Å². The molecule has 27 heavy (non-hydrogen) atoms. The van der Waals surface area contributed by atoms with Gasteiger partial charge in [-0.3, -0.25) is 0 Å². The van der Waals surface area contributed by atoms with Crippen LogP contribution in [0.4, 0.5) is 0 Å². The highest BCUT2D eigenvalue weighted by molar-refractivity contribution is 9.10. The number of hydrogen-bond donors (Lipinski definition) is 0. The highest BCUT2D eigenvalue weighted by atomic mass is 79.9. The molecule has 2 atom stereocenters. The molecule has 2 aromatic rings. The standard InChI is InChI=1S/C24H31BrN2/c1-19(2)24(18-26,22-12-8-9-13-23(22)25)16-14-20(3)27(4)17-15-21-10-6-5-7-11-21/h5-13,19-20H,14-17H2,1-4H3. The molecular weight excluding hydrogens is 396 g/mol. The third-order valence-corrected chi connectivity index (χ3v) is 6.54. The summed E-state index contributed by atoms with van der Waals surface area (Å²) in [5.41, 5.74) is 2.02. The minimum absolute atomic E-state index is 0.253. The monoisotopic (exact) mass is 426 g/mol. The van der Waals surface area contributed by atoms with Gasteiger partial charge in [0, 0.05) is 17.1 Å².